The van der Waals surface area contributed by atoms with Crippen molar-refractivity contribution in [1.82, 2.24) is 0 Å². The molecule has 1 rings (SSSR count). The molecule has 6 heteroatoms. The van der Waals surface area contributed by atoms with Gasteiger partial charge in [-0.2, -0.15) is 10.2 Å². The molecule has 19 heavy (non-hydrogen) atoms. The fourth-order valence-corrected chi connectivity index (χ4v) is 1.33. The number of aliphatic carboxylic acids is 1. The molecule has 102 valence electrons. The molecule has 0 atom stereocenters. The molecule has 1 aromatic carbocycles. The van der Waals surface area contributed by atoms with Crippen molar-refractivity contribution in [1.29, 1.82) is 0 Å². The molecule has 0 heterocycles. The number of carboxylic acids is 1. The van der Waals surface area contributed by atoms with Gasteiger partial charge in [-0.1, -0.05) is 12.1 Å². The maximum atomic E-state index is 11.4. The van der Waals surface area contributed by atoms with Gasteiger partial charge in [0.05, 0.1) is 19.2 Å². The highest BCUT2D eigenvalue weighted by Gasteiger charge is 2.28. The van der Waals surface area contributed by atoms with Crippen LogP contribution in [0.3, 0.4) is 0 Å². The summed E-state index contributed by atoms with van der Waals surface area (Å²) < 4.78 is 4.61. The van der Waals surface area contributed by atoms with Crippen molar-refractivity contribution in [3.05, 3.63) is 29.8 Å². The van der Waals surface area contributed by atoms with Gasteiger partial charge in [0, 0.05) is 0 Å². The molecular formula is C13H16N2O4. The van der Waals surface area contributed by atoms with Gasteiger partial charge in [-0.25, -0.2) is 4.79 Å². The zero-order chi connectivity index (χ0) is 14.5. The number of benzene rings is 1. The lowest BCUT2D eigenvalue weighted by atomic mass is 10.1. The second-order valence-electron chi connectivity index (χ2n) is 4.49. The number of hydrogen-bond acceptors (Lipinski definition) is 5. The van der Waals surface area contributed by atoms with E-state index in [1.165, 1.54) is 7.11 Å². The summed E-state index contributed by atoms with van der Waals surface area (Å²) in [5.74, 6) is -1.36. The van der Waals surface area contributed by atoms with Gasteiger partial charge >= 0.3 is 11.9 Å². The lowest BCUT2D eigenvalue weighted by molar-refractivity contribution is -0.145. The summed E-state index contributed by atoms with van der Waals surface area (Å²) in [6.07, 6.45) is -0.0366. The maximum Gasteiger partial charge on any atom is 0.335 e. The van der Waals surface area contributed by atoms with Gasteiger partial charge in [-0.3, -0.25) is 4.79 Å². The van der Waals surface area contributed by atoms with Gasteiger partial charge < -0.3 is 9.84 Å². The number of nitrogens with zero attached hydrogens (tertiary/aromatic N) is 2. The summed E-state index contributed by atoms with van der Waals surface area (Å²) in [6.45, 7) is 3.20. The lowest BCUT2D eigenvalue weighted by Gasteiger charge is -2.14. The van der Waals surface area contributed by atoms with Crippen LogP contribution < -0.4 is 0 Å². The molecule has 1 N–H and O–H groups in total. The van der Waals surface area contributed by atoms with Crippen LogP contribution in [0.2, 0.25) is 0 Å². The van der Waals surface area contributed by atoms with Crippen molar-refractivity contribution in [2.45, 2.75) is 25.8 Å². The monoisotopic (exact) mass is 264 g/mol. The number of carboxylic acid groups (broad SMARTS) is 1. The number of carbonyl (C=O) groups excluding carboxylic acids is 1. The molecule has 6 nitrogen and oxygen atoms in total. The predicted octanol–water partition coefficient (Wildman–Crippen LogP) is 2.35. The summed E-state index contributed by atoms with van der Waals surface area (Å²) in [7, 11) is 1.29. The van der Waals surface area contributed by atoms with Gasteiger partial charge in [0.2, 0.25) is 0 Å². The Morgan fingerprint density at radius 3 is 2.32 bits per heavy atom. The first-order chi connectivity index (χ1) is 8.85. The van der Waals surface area contributed by atoms with E-state index in [1.54, 1.807) is 38.1 Å². The predicted molar refractivity (Wildman–Crippen MR) is 68.4 cm³/mol. The van der Waals surface area contributed by atoms with Crippen molar-refractivity contribution in [3.8, 4) is 0 Å². The van der Waals surface area contributed by atoms with Crippen molar-refractivity contribution in [2.24, 2.45) is 10.2 Å². The summed E-state index contributed by atoms with van der Waals surface area (Å²) in [6, 6.07) is 6.62. The second-order valence-corrected chi connectivity index (χ2v) is 4.49. The Labute approximate surface area is 111 Å². The minimum absolute atomic E-state index is 0.0366. The first-order valence-corrected chi connectivity index (χ1v) is 5.67. The van der Waals surface area contributed by atoms with Crippen LogP contribution in [0.25, 0.3) is 0 Å². The van der Waals surface area contributed by atoms with Gasteiger partial charge in [0.15, 0.2) is 5.54 Å². The normalized spacial score (nSPS) is 11.5. The third kappa shape index (κ3) is 4.50. The molecule has 0 unspecified atom stereocenters. The molecule has 0 bridgehead atoms. The highest BCUT2D eigenvalue weighted by Crippen LogP contribution is 2.18. The van der Waals surface area contributed by atoms with Crippen LogP contribution in [0.5, 0.6) is 0 Å². The van der Waals surface area contributed by atoms with Gasteiger partial charge in [0.1, 0.15) is 0 Å². The van der Waals surface area contributed by atoms with Crippen molar-refractivity contribution >= 4 is 17.6 Å². The molecule has 1 aromatic rings. The molecule has 0 aliphatic rings. The van der Waals surface area contributed by atoms with E-state index in [2.05, 4.69) is 15.0 Å². The molecular weight excluding hydrogens is 248 g/mol. The van der Waals surface area contributed by atoms with E-state index in [0.717, 1.165) is 0 Å². The number of ether oxygens (including phenoxy) is 1. The van der Waals surface area contributed by atoms with E-state index in [0.29, 0.717) is 11.3 Å². The quantitative estimate of drug-likeness (QED) is 0.653. The third-order valence-corrected chi connectivity index (χ3v) is 2.39. The van der Waals surface area contributed by atoms with E-state index in [9.17, 15) is 9.59 Å². The highest BCUT2D eigenvalue weighted by molar-refractivity contribution is 5.79. The van der Waals surface area contributed by atoms with E-state index >= 15 is 0 Å². The molecule has 0 radical (unpaired) electrons. The number of esters is 1. The zero-order valence-corrected chi connectivity index (χ0v) is 11.1. The van der Waals surface area contributed by atoms with Gasteiger partial charge in [0.25, 0.3) is 0 Å². The Hall–Kier alpha value is -2.24. The van der Waals surface area contributed by atoms with Crippen LogP contribution in [0.4, 0.5) is 5.69 Å². The molecule has 0 aromatic heterocycles. The minimum atomic E-state index is -1.05. The van der Waals surface area contributed by atoms with Crippen LogP contribution in [-0.4, -0.2) is 29.7 Å². The highest BCUT2D eigenvalue weighted by atomic mass is 16.5. The summed E-state index contributed by atoms with van der Waals surface area (Å²) in [4.78, 5) is 21.9. The SMILES string of the molecule is COC(=O)C(C)(C)N=Nc1ccc(CC(=O)O)cc1. The summed E-state index contributed by atoms with van der Waals surface area (Å²) in [5, 5.41) is 16.5. The smallest absolute Gasteiger partial charge is 0.335 e. The molecule has 0 amide bonds. The van der Waals surface area contributed by atoms with Gasteiger partial charge in [-0.05, 0) is 31.5 Å². The van der Waals surface area contributed by atoms with E-state index < -0.39 is 17.5 Å². The topological polar surface area (TPSA) is 88.3 Å². The summed E-state index contributed by atoms with van der Waals surface area (Å²) in [5.41, 5.74) is 0.180. The lowest BCUT2D eigenvalue weighted by Crippen LogP contribution is -2.30. The number of methoxy groups -OCH3 is 1. The Kier molecular flexibility index (Phi) is 4.74. The number of hydrogen-bond donors (Lipinski definition) is 1. The maximum absolute atomic E-state index is 11.4. The Morgan fingerprint density at radius 2 is 1.84 bits per heavy atom. The summed E-state index contributed by atoms with van der Waals surface area (Å²) >= 11 is 0. The molecule has 0 fully saturated rings. The molecule has 0 saturated heterocycles. The molecule has 0 aliphatic carbocycles. The fraction of sp³-hybridized carbons (Fsp3) is 0.385. The first-order valence-electron chi connectivity index (χ1n) is 5.67. The Balaban J connectivity index is 2.77. The van der Waals surface area contributed by atoms with Crippen LogP contribution >= 0.6 is 0 Å². The minimum Gasteiger partial charge on any atom is -0.481 e. The third-order valence-electron chi connectivity index (χ3n) is 2.39. The molecule has 0 spiro atoms. The second kappa shape index (κ2) is 6.08. The van der Waals surface area contributed by atoms with E-state index in [1.807, 2.05) is 0 Å². The fourth-order valence-electron chi connectivity index (χ4n) is 1.33. The molecule has 0 aliphatic heterocycles. The van der Waals surface area contributed by atoms with E-state index in [4.69, 9.17) is 5.11 Å². The first kappa shape index (κ1) is 14.8. The number of carbonyl (C=O) groups is 2. The largest absolute Gasteiger partial charge is 0.481 e. The Bertz CT molecular complexity index is 492. The Morgan fingerprint density at radius 1 is 1.26 bits per heavy atom. The van der Waals surface area contributed by atoms with Crippen LogP contribution in [0.1, 0.15) is 19.4 Å². The van der Waals surface area contributed by atoms with Crippen molar-refractivity contribution in [3.63, 3.8) is 0 Å². The van der Waals surface area contributed by atoms with Crippen molar-refractivity contribution < 1.29 is 19.4 Å². The van der Waals surface area contributed by atoms with Crippen molar-refractivity contribution in [2.75, 3.05) is 7.11 Å². The average molecular weight is 264 g/mol. The standard InChI is InChI=1S/C13H16N2O4/c1-13(2,12(18)19-3)15-14-10-6-4-9(5-7-10)8-11(16)17/h4-7H,8H2,1-3H3,(H,16,17). The molecule has 0 saturated carbocycles. The van der Waals surface area contributed by atoms with Crippen LogP contribution in [0.15, 0.2) is 34.5 Å². The van der Waals surface area contributed by atoms with Crippen LogP contribution in [-0.2, 0) is 20.7 Å². The number of azo groups is 1. The van der Waals surface area contributed by atoms with Crippen LogP contribution in [0, 0.1) is 0 Å². The zero-order valence-electron chi connectivity index (χ0n) is 11.1. The number of rotatable bonds is 5. The average Bonchev–Trinajstić information content (AvgIpc) is 2.36. The van der Waals surface area contributed by atoms with E-state index in [-0.39, 0.29) is 6.42 Å². The van der Waals surface area contributed by atoms with Gasteiger partial charge in [-0.15, -0.1) is 0 Å².